The van der Waals surface area contributed by atoms with Crippen LogP contribution in [0.15, 0.2) is 17.8 Å². The molecule has 0 saturated heterocycles. The van der Waals surface area contributed by atoms with Crippen molar-refractivity contribution in [3.05, 3.63) is 17.8 Å². The van der Waals surface area contributed by atoms with E-state index in [1.165, 1.54) is 0 Å². The fourth-order valence-electron chi connectivity index (χ4n) is 1.74. The van der Waals surface area contributed by atoms with E-state index in [9.17, 15) is 0 Å². The number of hydrogen-bond donors (Lipinski definition) is 2. The van der Waals surface area contributed by atoms with Gasteiger partial charge in [-0.1, -0.05) is 0 Å². The number of fused-ring (bicyclic) bond motifs is 1. The highest BCUT2D eigenvalue weighted by Gasteiger charge is 2.09. The largest absolute Gasteiger partial charge is 0.366 e. The molecule has 0 aliphatic carbocycles. The van der Waals surface area contributed by atoms with Gasteiger partial charge in [0, 0.05) is 12.1 Å². The average molecular weight is 236 g/mol. The standard InChI is InChI=1S/C11H16N4S/c1-7(12)5-8(2)15-11-10-9(3-4-16-10)13-6-14-11/h3-4,6-8H,5,12H2,1-2H3,(H,13,14,15). The summed E-state index contributed by atoms with van der Waals surface area (Å²) in [5, 5.41) is 5.41. The lowest BCUT2D eigenvalue weighted by Gasteiger charge is -2.16. The van der Waals surface area contributed by atoms with E-state index >= 15 is 0 Å². The van der Waals surface area contributed by atoms with E-state index in [2.05, 4.69) is 22.2 Å². The third-order valence-electron chi connectivity index (χ3n) is 2.35. The molecule has 0 aromatic carbocycles. The number of hydrogen-bond acceptors (Lipinski definition) is 5. The lowest BCUT2D eigenvalue weighted by molar-refractivity contribution is 0.604. The van der Waals surface area contributed by atoms with Gasteiger partial charge < -0.3 is 11.1 Å². The number of thiophene rings is 1. The first-order valence-corrected chi connectivity index (χ1v) is 6.25. The Labute approximate surface area is 98.9 Å². The molecule has 2 unspecified atom stereocenters. The van der Waals surface area contributed by atoms with Crippen molar-refractivity contribution >= 4 is 27.4 Å². The number of anilines is 1. The summed E-state index contributed by atoms with van der Waals surface area (Å²) in [5.41, 5.74) is 6.77. The van der Waals surface area contributed by atoms with Crippen molar-refractivity contribution in [1.29, 1.82) is 0 Å². The second-order valence-corrected chi connectivity index (χ2v) is 5.03. The van der Waals surface area contributed by atoms with Crippen molar-refractivity contribution < 1.29 is 0 Å². The molecular weight excluding hydrogens is 220 g/mol. The van der Waals surface area contributed by atoms with Crippen molar-refractivity contribution in [3.63, 3.8) is 0 Å². The van der Waals surface area contributed by atoms with Gasteiger partial charge in [-0.3, -0.25) is 0 Å². The SMILES string of the molecule is CC(N)CC(C)Nc1ncnc2ccsc12. The molecular formula is C11H16N4S. The Bertz CT molecular complexity index is 466. The molecule has 0 aliphatic rings. The molecule has 86 valence electrons. The van der Waals surface area contributed by atoms with Crippen LogP contribution in [0.25, 0.3) is 10.2 Å². The van der Waals surface area contributed by atoms with Crippen LogP contribution in [0.5, 0.6) is 0 Å². The van der Waals surface area contributed by atoms with E-state index in [-0.39, 0.29) is 6.04 Å². The predicted molar refractivity (Wildman–Crippen MR) is 68.8 cm³/mol. The van der Waals surface area contributed by atoms with Crippen LogP contribution in [0.4, 0.5) is 5.82 Å². The van der Waals surface area contributed by atoms with Crippen LogP contribution in [-0.2, 0) is 0 Å². The van der Waals surface area contributed by atoms with E-state index in [0.29, 0.717) is 6.04 Å². The molecule has 4 nitrogen and oxygen atoms in total. The third-order valence-corrected chi connectivity index (χ3v) is 3.26. The van der Waals surface area contributed by atoms with Crippen LogP contribution in [0, 0.1) is 0 Å². The Morgan fingerprint density at radius 1 is 1.44 bits per heavy atom. The lowest BCUT2D eigenvalue weighted by atomic mass is 10.1. The minimum absolute atomic E-state index is 0.197. The van der Waals surface area contributed by atoms with Crippen LogP contribution in [0.3, 0.4) is 0 Å². The van der Waals surface area contributed by atoms with Gasteiger partial charge in [0.1, 0.15) is 12.1 Å². The number of aromatic nitrogens is 2. The first kappa shape index (κ1) is 11.3. The first-order valence-electron chi connectivity index (χ1n) is 5.37. The minimum atomic E-state index is 0.197. The summed E-state index contributed by atoms with van der Waals surface area (Å²) in [6, 6.07) is 2.52. The topological polar surface area (TPSA) is 63.8 Å². The molecule has 16 heavy (non-hydrogen) atoms. The van der Waals surface area contributed by atoms with Gasteiger partial charge in [-0.2, -0.15) is 0 Å². The van der Waals surface area contributed by atoms with Gasteiger partial charge >= 0.3 is 0 Å². The monoisotopic (exact) mass is 236 g/mol. The van der Waals surface area contributed by atoms with Gasteiger partial charge in [0.25, 0.3) is 0 Å². The summed E-state index contributed by atoms with van der Waals surface area (Å²) < 4.78 is 1.11. The van der Waals surface area contributed by atoms with E-state index in [1.807, 2.05) is 18.4 Å². The number of nitrogens with two attached hydrogens (primary N) is 1. The van der Waals surface area contributed by atoms with Crippen LogP contribution >= 0.6 is 11.3 Å². The highest BCUT2D eigenvalue weighted by Crippen LogP contribution is 2.25. The first-order chi connectivity index (χ1) is 7.66. The molecule has 0 saturated carbocycles. The highest BCUT2D eigenvalue weighted by atomic mass is 32.1. The van der Waals surface area contributed by atoms with Gasteiger partial charge in [0.2, 0.25) is 0 Å². The molecule has 0 aliphatic heterocycles. The summed E-state index contributed by atoms with van der Waals surface area (Å²) in [5.74, 6) is 0.910. The molecule has 3 N–H and O–H groups in total. The average Bonchev–Trinajstić information content (AvgIpc) is 2.65. The van der Waals surface area contributed by atoms with Gasteiger partial charge in [-0.25, -0.2) is 9.97 Å². The second-order valence-electron chi connectivity index (χ2n) is 4.12. The molecule has 0 bridgehead atoms. The number of nitrogens with zero attached hydrogens (tertiary/aromatic N) is 2. The molecule has 2 atom stereocenters. The van der Waals surface area contributed by atoms with Crippen molar-refractivity contribution in [2.45, 2.75) is 32.4 Å². The Morgan fingerprint density at radius 2 is 2.25 bits per heavy atom. The smallest absolute Gasteiger partial charge is 0.147 e. The lowest BCUT2D eigenvalue weighted by Crippen LogP contribution is -2.26. The maximum Gasteiger partial charge on any atom is 0.147 e. The number of nitrogens with one attached hydrogen (secondary N) is 1. The summed E-state index contributed by atoms with van der Waals surface area (Å²) in [7, 11) is 0. The highest BCUT2D eigenvalue weighted by molar-refractivity contribution is 7.17. The summed E-state index contributed by atoms with van der Waals surface area (Å²) in [6.45, 7) is 4.13. The molecule has 0 spiro atoms. The van der Waals surface area contributed by atoms with Crippen molar-refractivity contribution in [2.75, 3.05) is 5.32 Å². The van der Waals surface area contributed by atoms with Crippen LogP contribution in [-0.4, -0.2) is 22.1 Å². The zero-order valence-corrected chi connectivity index (χ0v) is 10.3. The van der Waals surface area contributed by atoms with Crippen molar-refractivity contribution in [1.82, 2.24) is 9.97 Å². The van der Waals surface area contributed by atoms with Gasteiger partial charge in [0.15, 0.2) is 0 Å². The maximum atomic E-state index is 5.77. The van der Waals surface area contributed by atoms with E-state index in [4.69, 9.17) is 5.73 Å². The van der Waals surface area contributed by atoms with Crippen molar-refractivity contribution in [2.24, 2.45) is 5.73 Å². The minimum Gasteiger partial charge on any atom is -0.366 e. The van der Waals surface area contributed by atoms with Crippen molar-refractivity contribution in [3.8, 4) is 0 Å². The molecule has 0 radical (unpaired) electrons. The van der Waals surface area contributed by atoms with Crippen LogP contribution < -0.4 is 11.1 Å². The van der Waals surface area contributed by atoms with E-state index < -0.39 is 0 Å². The fraction of sp³-hybridized carbons (Fsp3) is 0.455. The molecule has 2 rings (SSSR count). The van der Waals surface area contributed by atoms with E-state index in [1.54, 1.807) is 17.7 Å². The Kier molecular flexibility index (Phi) is 3.36. The summed E-state index contributed by atoms with van der Waals surface area (Å²) in [6.07, 6.45) is 2.52. The quantitative estimate of drug-likeness (QED) is 0.854. The Morgan fingerprint density at radius 3 is 3.00 bits per heavy atom. The van der Waals surface area contributed by atoms with Crippen LogP contribution in [0.2, 0.25) is 0 Å². The summed E-state index contributed by atoms with van der Waals surface area (Å²) >= 11 is 1.66. The number of rotatable bonds is 4. The Hall–Kier alpha value is -1.20. The predicted octanol–water partition coefficient (Wildman–Crippen LogP) is 2.23. The molecule has 2 heterocycles. The fourth-order valence-corrected chi connectivity index (χ4v) is 2.54. The zero-order valence-electron chi connectivity index (χ0n) is 9.47. The molecule has 5 heteroatoms. The van der Waals surface area contributed by atoms with E-state index in [0.717, 1.165) is 22.5 Å². The molecule has 2 aromatic rings. The second kappa shape index (κ2) is 4.76. The molecule has 0 amide bonds. The third kappa shape index (κ3) is 2.48. The van der Waals surface area contributed by atoms with Crippen LogP contribution in [0.1, 0.15) is 20.3 Å². The van der Waals surface area contributed by atoms with Gasteiger partial charge in [-0.05, 0) is 31.7 Å². The molecule has 0 fully saturated rings. The van der Waals surface area contributed by atoms with Gasteiger partial charge in [0.05, 0.1) is 10.2 Å². The Balaban J connectivity index is 2.17. The molecule has 2 aromatic heterocycles. The maximum absolute atomic E-state index is 5.77. The zero-order chi connectivity index (χ0) is 11.5. The summed E-state index contributed by atoms with van der Waals surface area (Å²) in [4.78, 5) is 8.48. The van der Waals surface area contributed by atoms with Gasteiger partial charge in [-0.15, -0.1) is 11.3 Å². The normalized spacial score (nSPS) is 14.9.